The van der Waals surface area contributed by atoms with Crippen LogP contribution in [-0.2, 0) is 14.3 Å². The van der Waals surface area contributed by atoms with E-state index in [1.165, 1.54) is 11.9 Å². The first-order chi connectivity index (χ1) is 12.9. The van der Waals surface area contributed by atoms with Crippen molar-refractivity contribution in [1.82, 2.24) is 14.7 Å². The summed E-state index contributed by atoms with van der Waals surface area (Å²) in [7, 11) is 1.54. The number of carbonyl (C=O) groups excluding carboxylic acids is 5. The van der Waals surface area contributed by atoms with Crippen LogP contribution in [0.4, 0.5) is 4.79 Å². The molecule has 9 heteroatoms. The molecule has 0 bridgehead atoms. The van der Waals surface area contributed by atoms with E-state index >= 15 is 0 Å². The molecule has 1 fully saturated rings. The fourth-order valence-corrected chi connectivity index (χ4v) is 3.04. The van der Waals surface area contributed by atoms with Gasteiger partial charge in [0.1, 0.15) is 13.2 Å². The molecule has 1 aromatic rings. The van der Waals surface area contributed by atoms with Gasteiger partial charge >= 0.3 is 12.0 Å². The van der Waals surface area contributed by atoms with Crippen molar-refractivity contribution in [2.75, 3.05) is 33.3 Å². The summed E-state index contributed by atoms with van der Waals surface area (Å²) in [6, 6.07) is 6.15. The van der Waals surface area contributed by atoms with Crippen LogP contribution in [0.15, 0.2) is 24.3 Å². The van der Waals surface area contributed by atoms with E-state index in [0.717, 1.165) is 9.80 Å². The third-order valence-electron chi connectivity index (χ3n) is 4.45. The van der Waals surface area contributed by atoms with Gasteiger partial charge in [-0.2, -0.15) is 0 Å². The molecule has 2 aliphatic rings. The predicted octanol–water partition coefficient (Wildman–Crippen LogP) is 0.500. The molecule has 3 rings (SSSR count). The van der Waals surface area contributed by atoms with E-state index in [9.17, 15) is 24.0 Å². The molecule has 1 aromatic carbocycles. The Morgan fingerprint density at radius 3 is 2.19 bits per heavy atom. The minimum absolute atomic E-state index is 0.0218. The fourth-order valence-electron chi connectivity index (χ4n) is 3.04. The highest BCUT2D eigenvalue weighted by Gasteiger charge is 2.35. The Morgan fingerprint density at radius 2 is 1.63 bits per heavy atom. The van der Waals surface area contributed by atoms with Crippen LogP contribution in [0, 0.1) is 0 Å². The minimum atomic E-state index is -0.515. The quantitative estimate of drug-likeness (QED) is 0.392. The zero-order valence-electron chi connectivity index (χ0n) is 14.8. The van der Waals surface area contributed by atoms with Crippen molar-refractivity contribution in [3.05, 3.63) is 35.4 Å². The topological polar surface area (TPSA) is 104 Å². The van der Waals surface area contributed by atoms with Crippen molar-refractivity contribution in [3.8, 4) is 0 Å². The summed E-state index contributed by atoms with van der Waals surface area (Å²) in [6.07, 6.45) is 0.320. The first-order valence-electron chi connectivity index (χ1n) is 8.56. The molecule has 0 N–H and O–H groups in total. The van der Waals surface area contributed by atoms with Crippen LogP contribution in [0.1, 0.15) is 33.6 Å². The van der Waals surface area contributed by atoms with Gasteiger partial charge in [-0.15, -0.1) is 0 Å². The number of hydrogen-bond acceptors (Lipinski definition) is 6. The standard InChI is InChI=1S/C18H19N3O6/c1-19-11-14(22)20(18(19)26)8-4-7-15(23)27-10-9-21-16(24)12-5-2-3-6-13(12)17(21)25/h2-3,5-6H,4,7-11H2,1H3. The largest absolute Gasteiger partial charge is 0.464 e. The lowest BCUT2D eigenvalue weighted by Gasteiger charge is -2.15. The number of imide groups is 2. The Hall–Kier alpha value is -3.23. The van der Waals surface area contributed by atoms with Gasteiger partial charge < -0.3 is 9.64 Å². The molecule has 0 aromatic heterocycles. The number of nitrogens with zero attached hydrogens (tertiary/aromatic N) is 3. The number of urea groups is 1. The van der Waals surface area contributed by atoms with Crippen LogP contribution in [0.5, 0.6) is 0 Å². The molecule has 2 aliphatic heterocycles. The number of ether oxygens (including phenoxy) is 1. The summed E-state index contributed by atoms with van der Waals surface area (Å²) in [4.78, 5) is 62.9. The molecule has 2 heterocycles. The lowest BCUT2D eigenvalue weighted by Crippen LogP contribution is -2.34. The number of carbonyl (C=O) groups is 5. The molecule has 0 aliphatic carbocycles. The number of hydrogen-bond donors (Lipinski definition) is 0. The van der Waals surface area contributed by atoms with E-state index in [1.54, 1.807) is 24.3 Å². The Bertz CT molecular complexity index is 786. The number of benzene rings is 1. The van der Waals surface area contributed by atoms with Crippen molar-refractivity contribution in [1.29, 1.82) is 0 Å². The second-order valence-electron chi connectivity index (χ2n) is 6.32. The average molecular weight is 373 g/mol. The molecule has 9 nitrogen and oxygen atoms in total. The van der Waals surface area contributed by atoms with Crippen LogP contribution >= 0.6 is 0 Å². The Kier molecular flexibility index (Phi) is 5.20. The van der Waals surface area contributed by atoms with Gasteiger partial charge in [0.25, 0.3) is 11.8 Å². The number of rotatable bonds is 7. The van der Waals surface area contributed by atoms with E-state index in [0.29, 0.717) is 11.1 Å². The zero-order chi connectivity index (χ0) is 19.6. The van der Waals surface area contributed by atoms with Crippen LogP contribution in [-0.4, -0.2) is 77.7 Å². The molecule has 142 valence electrons. The maximum absolute atomic E-state index is 12.2. The second kappa shape index (κ2) is 7.56. The Morgan fingerprint density at radius 1 is 1.00 bits per heavy atom. The fraction of sp³-hybridized carbons (Fsp3) is 0.389. The molecule has 0 saturated carbocycles. The van der Waals surface area contributed by atoms with E-state index in [4.69, 9.17) is 4.74 Å². The third-order valence-corrected chi connectivity index (χ3v) is 4.45. The molecule has 5 amide bonds. The van der Waals surface area contributed by atoms with E-state index in [1.807, 2.05) is 0 Å². The van der Waals surface area contributed by atoms with Gasteiger partial charge in [0.05, 0.1) is 17.7 Å². The maximum Gasteiger partial charge on any atom is 0.326 e. The van der Waals surface area contributed by atoms with Crippen LogP contribution in [0.3, 0.4) is 0 Å². The average Bonchev–Trinajstić information content (AvgIpc) is 3.03. The summed E-state index contributed by atoms with van der Waals surface area (Å²) in [6.45, 7) is 0.0691. The van der Waals surface area contributed by atoms with Gasteiger partial charge in [-0.05, 0) is 18.6 Å². The molecule has 1 saturated heterocycles. The van der Waals surface area contributed by atoms with Crippen LogP contribution in [0.25, 0.3) is 0 Å². The van der Waals surface area contributed by atoms with E-state index in [-0.39, 0.29) is 51.0 Å². The summed E-state index contributed by atoms with van der Waals surface area (Å²) >= 11 is 0. The summed E-state index contributed by atoms with van der Waals surface area (Å²) in [5.41, 5.74) is 0.692. The smallest absolute Gasteiger partial charge is 0.326 e. The van der Waals surface area contributed by atoms with E-state index in [2.05, 4.69) is 0 Å². The highest BCUT2D eigenvalue weighted by Crippen LogP contribution is 2.21. The van der Waals surface area contributed by atoms with Crippen LogP contribution < -0.4 is 0 Å². The SMILES string of the molecule is CN1CC(=O)N(CCCC(=O)OCCN2C(=O)c3ccccc3C2=O)C1=O. The van der Waals surface area contributed by atoms with Crippen LogP contribution in [0.2, 0.25) is 0 Å². The first-order valence-corrected chi connectivity index (χ1v) is 8.56. The Labute approximate surface area is 155 Å². The maximum atomic E-state index is 12.2. The lowest BCUT2D eigenvalue weighted by molar-refractivity contribution is -0.144. The van der Waals surface area contributed by atoms with E-state index < -0.39 is 17.8 Å². The molecule has 0 unspecified atom stereocenters. The van der Waals surface area contributed by atoms with Gasteiger partial charge in [-0.1, -0.05) is 12.1 Å². The molecular weight excluding hydrogens is 354 g/mol. The number of fused-ring (bicyclic) bond motifs is 1. The highest BCUT2D eigenvalue weighted by atomic mass is 16.5. The van der Waals surface area contributed by atoms with Gasteiger partial charge in [0, 0.05) is 20.0 Å². The molecule has 0 spiro atoms. The highest BCUT2D eigenvalue weighted by molar-refractivity contribution is 6.21. The number of esters is 1. The van der Waals surface area contributed by atoms with Crippen molar-refractivity contribution in [3.63, 3.8) is 0 Å². The van der Waals surface area contributed by atoms with Crippen molar-refractivity contribution in [2.45, 2.75) is 12.8 Å². The summed E-state index contributed by atoms with van der Waals surface area (Å²) < 4.78 is 5.06. The lowest BCUT2D eigenvalue weighted by atomic mass is 10.1. The van der Waals surface area contributed by atoms with Gasteiger partial charge in [0.15, 0.2) is 0 Å². The zero-order valence-corrected chi connectivity index (χ0v) is 14.8. The summed E-state index contributed by atoms with van der Waals surface area (Å²) in [5.74, 6) is -1.61. The predicted molar refractivity (Wildman–Crippen MR) is 91.7 cm³/mol. The second-order valence-corrected chi connectivity index (χ2v) is 6.32. The first kappa shape index (κ1) is 18.6. The minimum Gasteiger partial charge on any atom is -0.464 e. The summed E-state index contributed by atoms with van der Waals surface area (Å²) in [5, 5.41) is 0. The number of amides is 5. The van der Waals surface area contributed by atoms with Crippen molar-refractivity contribution >= 4 is 29.7 Å². The third kappa shape index (κ3) is 3.67. The molecule has 0 atom stereocenters. The van der Waals surface area contributed by atoms with Gasteiger partial charge in [-0.25, -0.2) is 4.79 Å². The van der Waals surface area contributed by atoms with Gasteiger partial charge in [0.2, 0.25) is 5.91 Å². The Balaban J connectivity index is 1.39. The van der Waals surface area contributed by atoms with Gasteiger partial charge in [-0.3, -0.25) is 29.0 Å². The molecule has 27 heavy (non-hydrogen) atoms. The normalized spacial score (nSPS) is 16.4. The van der Waals surface area contributed by atoms with Crippen molar-refractivity contribution in [2.24, 2.45) is 0 Å². The molecule has 0 radical (unpaired) electrons. The monoisotopic (exact) mass is 373 g/mol. The van der Waals surface area contributed by atoms with Crippen molar-refractivity contribution < 1.29 is 28.7 Å². The molecular formula is C18H19N3O6. The number of likely N-dealkylation sites (N-methyl/N-ethyl adjacent to an activating group) is 1.